The Morgan fingerprint density at radius 2 is 2.00 bits per heavy atom. The van der Waals surface area contributed by atoms with Crippen LogP contribution in [0.2, 0.25) is 0 Å². The van der Waals surface area contributed by atoms with Crippen molar-refractivity contribution >= 4 is 22.7 Å². The lowest BCUT2D eigenvalue weighted by Crippen LogP contribution is -2.22. The Kier molecular flexibility index (Phi) is 4.48. The lowest BCUT2D eigenvalue weighted by molar-refractivity contribution is 0.661. The van der Waals surface area contributed by atoms with Gasteiger partial charge in [-0.15, -0.1) is 0 Å². The van der Waals surface area contributed by atoms with Gasteiger partial charge in [-0.2, -0.15) is 11.8 Å². The van der Waals surface area contributed by atoms with E-state index in [2.05, 4.69) is 55.3 Å². The van der Waals surface area contributed by atoms with Crippen LogP contribution in [0.3, 0.4) is 0 Å². The van der Waals surface area contributed by atoms with Gasteiger partial charge in [-0.3, -0.25) is 4.98 Å². The molecule has 2 nitrogen and oxygen atoms in total. The Hall–Kier alpha value is -1.06. The molecule has 1 atom stereocenters. The van der Waals surface area contributed by atoms with E-state index in [1.54, 1.807) is 0 Å². The summed E-state index contributed by atoms with van der Waals surface area (Å²) in [6, 6.07) is 10.9. The molecule has 1 aromatic carbocycles. The topological polar surface area (TPSA) is 24.9 Å². The van der Waals surface area contributed by atoms with Crippen LogP contribution in [-0.2, 0) is 0 Å². The molecule has 1 aromatic heterocycles. The molecule has 1 N–H and O–H groups in total. The van der Waals surface area contributed by atoms with E-state index in [0.717, 1.165) is 11.3 Å². The number of hydrogen-bond donors (Lipinski definition) is 1. The van der Waals surface area contributed by atoms with Gasteiger partial charge in [-0.05, 0) is 24.7 Å². The number of hydrogen-bond acceptors (Lipinski definition) is 3. The fourth-order valence-corrected chi connectivity index (χ4v) is 3.11. The van der Waals surface area contributed by atoms with Gasteiger partial charge in [0, 0.05) is 28.1 Å². The Morgan fingerprint density at radius 3 is 2.68 bits per heavy atom. The maximum Gasteiger partial charge on any atom is 0.0705 e. The molecule has 102 valence electrons. The van der Waals surface area contributed by atoms with Crippen LogP contribution in [0.15, 0.2) is 36.5 Å². The molecule has 0 spiro atoms. The number of rotatable bonds is 4. The average Bonchev–Trinajstić information content (AvgIpc) is 2.38. The first-order valence-corrected chi connectivity index (χ1v) is 7.65. The molecule has 0 amide bonds. The molecule has 2 aromatic rings. The number of thioether (sulfide) groups is 1. The van der Waals surface area contributed by atoms with Gasteiger partial charge in [0.2, 0.25) is 0 Å². The summed E-state index contributed by atoms with van der Waals surface area (Å²) in [7, 11) is 2.03. The minimum absolute atomic E-state index is 0.290. The summed E-state index contributed by atoms with van der Waals surface area (Å²) >= 11 is 1.99. The zero-order valence-corrected chi connectivity index (χ0v) is 12.9. The molecule has 0 aliphatic rings. The van der Waals surface area contributed by atoms with Gasteiger partial charge in [0.15, 0.2) is 0 Å². The van der Waals surface area contributed by atoms with E-state index in [-0.39, 0.29) is 4.75 Å². The van der Waals surface area contributed by atoms with Gasteiger partial charge in [-0.25, -0.2) is 0 Å². The van der Waals surface area contributed by atoms with Crippen LogP contribution < -0.4 is 5.32 Å². The first-order valence-electron chi connectivity index (χ1n) is 6.66. The van der Waals surface area contributed by atoms with Crippen LogP contribution in [0.4, 0.5) is 0 Å². The van der Waals surface area contributed by atoms with Crippen LogP contribution in [0, 0.1) is 0 Å². The molecule has 0 fully saturated rings. The summed E-state index contributed by atoms with van der Waals surface area (Å²) in [5, 5.41) is 4.68. The van der Waals surface area contributed by atoms with Gasteiger partial charge in [-0.1, -0.05) is 39.0 Å². The second-order valence-corrected chi connectivity index (χ2v) is 7.53. The van der Waals surface area contributed by atoms with Crippen molar-refractivity contribution in [2.24, 2.45) is 0 Å². The van der Waals surface area contributed by atoms with E-state index in [4.69, 9.17) is 0 Å². The van der Waals surface area contributed by atoms with Crippen LogP contribution in [0.1, 0.15) is 32.4 Å². The highest BCUT2D eigenvalue weighted by Crippen LogP contribution is 2.30. The maximum absolute atomic E-state index is 4.43. The fraction of sp³-hybridized carbons (Fsp3) is 0.438. The SMILES string of the molecule is CNC(CSC(C)(C)C)c1cccc2ncccc12. The van der Waals surface area contributed by atoms with E-state index in [0.29, 0.717) is 6.04 Å². The summed E-state index contributed by atoms with van der Waals surface area (Å²) in [6.45, 7) is 6.78. The van der Waals surface area contributed by atoms with Gasteiger partial charge < -0.3 is 5.32 Å². The molecule has 0 bridgehead atoms. The summed E-state index contributed by atoms with van der Waals surface area (Å²) in [6.07, 6.45) is 1.85. The van der Waals surface area contributed by atoms with Crippen molar-refractivity contribution in [3.63, 3.8) is 0 Å². The van der Waals surface area contributed by atoms with Crippen molar-refractivity contribution in [1.29, 1.82) is 0 Å². The van der Waals surface area contributed by atoms with E-state index < -0.39 is 0 Å². The largest absolute Gasteiger partial charge is 0.312 e. The van der Waals surface area contributed by atoms with Crippen LogP contribution in [-0.4, -0.2) is 22.5 Å². The van der Waals surface area contributed by atoms with Crippen LogP contribution in [0.5, 0.6) is 0 Å². The standard InChI is InChI=1S/C16H22N2S/c1-16(2,3)19-11-15(17-4)13-7-5-9-14-12(13)8-6-10-18-14/h5-10,15,17H,11H2,1-4H3. The van der Waals surface area contributed by atoms with Crippen molar-refractivity contribution < 1.29 is 0 Å². The van der Waals surface area contributed by atoms with Crippen molar-refractivity contribution in [2.75, 3.05) is 12.8 Å². The molecule has 3 heteroatoms. The normalized spacial score (nSPS) is 13.7. The average molecular weight is 274 g/mol. The van der Waals surface area contributed by atoms with Gasteiger partial charge in [0.1, 0.15) is 0 Å². The molecule has 0 aliphatic carbocycles. The molecule has 1 heterocycles. The molecular formula is C16H22N2S. The predicted molar refractivity (Wildman–Crippen MR) is 85.8 cm³/mol. The quantitative estimate of drug-likeness (QED) is 0.911. The summed E-state index contributed by atoms with van der Waals surface area (Å²) in [5.41, 5.74) is 2.41. The molecule has 0 saturated carbocycles. The Bertz CT molecular complexity index is 540. The van der Waals surface area contributed by atoms with Crippen LogP contribution >= 0.6 is 11.8 Å². The Morgan fingerprint density at radius 1 is 1.21 bits per heavy atom. The number of benzene rings is 1. The van der Waals surface area contributed by atoms with Crippen molar-refractivity contribution in [2.45, 2.75) is 31.6 Å². The highest BCUT2D eigenvalue weighted by molar-refractivity contribution is 8.00. The van der Waals surface area contributed by atoms with E-state index in [1.165, 1.54) is 10.9 Å². The third kappa shape index (κ3) is 3.71. The lowest BCUT2D eigenvalue weighted by atomic mass is 10.0. The van der Waals surface area contributed by atoms with Crippen LogP contribution in [0.25, 0.3) is 10.9 Å². The number of pyridine rings is 1. The second kappa shape index (κ2) is 5.93. The summed E-state index contributed by atoms with van der Waals surface area (Å²) in [4.78, 5) is 4.43. The highest BCUT2D eigenvalue weighted by Gasteiger charge is 2.17. The zero-order chi connectivity index (χ0) is 13.9. The van der Waals surface area contributed by atoms with E-state index in [9.17, 15) is 0 Å². The third-order valence-corrected chi connectivity index (χ3v) is 4.45. The molecule has 0 aliphatic heterocycles. The molecule has 0 saturated heterocycles. The molecule has 1 unspecified atom stereocenters. The summed E-state index contributed by atoms with van der Waals surface area (Å²) in [5.74, 6) is 1.06. The number of nitrogens with one attached hydrogen (secondary N) is 1. The molecule has 2 rings (SSSR count). The van der Waals surface area contributed by atoms with E-state index >= 15 is 0 Å². The molecule has 19 heavy (non-hydrogen) atoms. The van der Waals surface area contributed by atoms with Crippen molar-refractivity contribution in [3.05, 3.63) is 42.1 Å². The number of nitrogens with zero attached hydrogens (tertiary/aromatic N) is 1. The first-order chi connectivity index (χ1) is 9.01. The monoisotopic (exact) mass is 274 g/mol. The summed E-state index contributed by atoms with van der Waals surface area (Å²) < 4.78 is 0.290. The minimum atomic E-state index is 0.290. The fourth-order valence-electron chi connectivity index (χ4n) is 2.09. The predicted octanol–water partition coefficient (Wildman–Crippen LogP) is 4.03. The lowest BCUT2D eigenvalue weighted by Gasteiger charge is -2.23. The third-order valence-electron chi connectivity index (χ3n) is 3.09. The molecular weight excluding hydrogens is 252 g/mol. The van der Waals surface area contributed by atoms with Gasteiger partial charge in [0.25, 0.3) is 0 Å². The smallest absolute Gasteiger partial charge is 0.0705 e. The zero-order valence-electron chi connectivity index (χ0n) is 12.1. The number of aromatic nitrogens is 1. The van der Waals surface area contributed by atoms with Gasteiger partial charge >= 0.3 is 0 Å². The number of fused-ring (bicyclic) bond motifs is 1. The minimum Gasteiger partial charge on any atom is -0.312 e. The maximum atomic E-state index is 4.43. The first kappa shape index (κ1) is 14.4. The van der Waals surface area contributed by atoms with Gasteiger partial charge in [0.05, 0.1) is 5.52 Å². The van der Waals surface area contributed by atoms with Crippen molar-refractivity contribution in [3.8, 4) is 0 Å². The molecule has 0 radical (unpaired) electrons. The van der Waals surface area contributed by atoms with Crippen molar-refractivity contribution in [1.82, 2.24) is 10.3 Å². The Labute approximate surface area is 120 Å². The van der Waals surface area contributed by atoms with E-state index in [1.807, 2.05) is 31.1 Å². The Balaban J connectivity index is 2.30. The second-order valence-electron chi connectivity index (χ2n) is 5.68. The highest BCUT2D eigenvalue weighted by atomic mass is 32.2.